The SMILES string of the molecule is Cc1ccc(C(c2c(C)n(C)n(-c3ccccc3)c2=O)c2c(C)n(C)n(-c3ccccc3)c2=O)cc1. The molecule has 0 unspecified atom stereocenters. The van der Waals surface area contributed by atoms with Gasteiger partial charge >= 0.3 is 0 Å². The third kappa shape index (κ3) is 3.66. The fraction of sp³-hybridized carbons (Fsp3) is 0.200. The molecule has 3 aromatic carbocycles. The number of nitrogens with zero attached hydrogens (tertiary/aromatic N) is 4. The third-order valence-electron chi connectivity index (χ3n) is 7.19. The first-order valence-electron chi connectivity index (χ1n) is 12.1. The van der Waals surface area contributed by atoms with Crippen molar-refractivity contribution in [1.29, 1.82) is 0 Å². The lowest BCUT2D eigenvalue weighted by molar-refractivity contribution is 0.630. The van der Waals surface area contributed by atoms with E-state index >= 15 is 0 Å². The van der Waals surface area contributed by atoms with E-state index in [1.165, 1.54) is 0 Å². The molecule has 6 nitrogen and oxygen atoms in total. The van der Waals surface area contributed by atoms with Gasteiger partial charge in [-0.3, -0.25) is 19.0 Å². The Labute approximate surface area is 210 Å². The van der Waals surface area contributed by atoms with Crippen LogP contribution in [0.2, 0.25) is 0 Å². The Hall–Kier alpha value is -4.32. The lowest BCUT2D eigenvalue weighted by atomic mass is 9.85. The van der Waals surface area contributed by atoms with Crippen LogP contribution in [0, 0.1) is 20.8 Å². The highest BCUT2D eigenvalue weighted by Gasteiger charge is 2.32. The number of aryl methyl sites for hydroxylation is 1. The van der Waals surface area contributed by atoms with Crippen molar-refractivity contribution < 1.29 is 0 Å². The Kier molecular flexibility index (Phi) is 5.88. The van der Waals surface area contributed by atoms with Gasteiger partial charge in [0, 0.05) is 31.4 Å². The van der Waals surface area contributed by atoms with Crippen molar-refractivity contribution in [1.82, 2.24) is 18.7 Å². The number of rotatable bonds is 5. The highest BCUT2D eigenvalue weighted by Crippen LogP contribution is 2.33. The van der Waals surface area contributed by atoms with Gasteiger partial charge in [-0.05, 0) is 50.6 Å². The summed E-state index contributed by atoms with van der Waals surface area (Å²) in [5.41, 5.74) is 6.22. The quantitative estimate of drug-likeness (QED) is 0.365. The van der Waals surface area contributed by atoms with Gasteiger partial charge in [0.2, 0.25) is 0 Å². The Morgan fingerprint density at radius 3 is 1.33 bits per heavy atom. The minimum atomic E-state index is -0.516. The zero-order valence-corrected chi connectivity index (χ0v) is 21.3. The lowest BCUT2D eigenvalue weighted by Crippen LogP contribution is -2.26. The van der Waals surface area contributed by atoms with Crippen LogP contribution in [-0.2, 0) is 14.1 Å². The topological polar surface area (TPSA) is 53.9 Å². The van der Waals surface area contributed by atoms with E-state index in [0.29, 0.717) is 11.1 Å². The molecule has 5 rings (SSSR count). The second-order valence-corrected chi connectivity index (χ2v) is 9.29. The van der Waals surface area contributed by atoms with Gasteiger partial charge in [0.15, 0.2) is 0 Å². The maximum absolute atomic E-state index is 14.1. The van der Waals surface area contributed by atoms with Crippen molar-refractivity contribution in [3.8, 4) is 11.4 Å². The molecule has 0 aliphatic carbocycles. The summed E-state index contributed by atoms with van der Waals surface area (Å²) in [6.07, 6.45) is 0. The van der Waals surface area contributed by atoms with Crippen LogP contribution in [-0.4, -0.2) is 18.7 Å². The molecule has 0 spiro atoms. The first-order chi connectivity index (χ1) is 17.3. The zero-order chi connectivity index (χ0) is 25.6. The molecular weight excluding hydrogens is 448 g/mol. The maximum Gasteiger partial charge on any atom is 0.275 e. The normalized spacial score (nSPS) is 11.4. The van der Waals surface area contributed by atoms with E-state index in [9.17, 15) is 9.59 Å². The number of benzene rings is 3. The first kappa shape index (κ1) is 23.4. The van der Waals surface area contributed by atoms with Crippen molar-refractivity contribution in [3.63, 3.8) is 0 Å². The van der Waals surface area contributed by atoms with E-state index in [0.717, 1.165) is 33.9 Å². The minimum absolute atomic E-state index is 0.124. The Morgan fingerprint density at radius 2 is 0.944 bits per heavy atom. The highest BCUT2D eigenvalue weighted by molar-refractivity contribution is 5.48. The first-order valence-corrected chi connectivity index (χ1v) is 12.1. The second-order valence-electron chi connectivity index (χ2n) is 9.29. The van der Waals surface area contributed by atoms with Crippen molar-refractivity contribution in [3.05, 3.63) is 139 Å². The third-order valence-corrected chi connectivity index (χ3v) is 7.19. The highest BCUT2D eigenvalue weighted by atomic mass is 16.1. The minimum Gasteiger partial charge on any atom is -0.285 e. The summed E-state index contributed by atoms with van der Waals surface area (Å²) < 4.78 is 7.12. The molecule has 0 radical (unpaired) electrons. The van der Waals surface area contributed by atoms with Crippen molar-refractivity contribution in [2.75, 3.05) is 0 Å². The predicted octanol–water partition coefficient (Wildman–Crippen LogP) is 4.77. The van der Waals surface area contributed by atoms with Gasteiger partial charge in [-0.25, -0.2) is 9.36 Å². The summed E-state index contributed by atoms with van der Waals surface area (Å²) in [5.74, 6) is -0.516. The average molecular weight is 479 g/mol. The van der Waals surface area contributed by atoms with Gasteiger partial charge < -0.3 is 0 Å². The number of para-hydroxylation sites is 2. The summed E-state index contributed by atoms with van der Waals surface area (Å²) in [6, 6.07) is 27.3. The largest absolute Gasteiger partial charge is 0.285 e. The van der Waals surface area contributed by atoms with Crippen molar-refractivity contribution in [2.45, 2.75) is 26.7 Å². The Morgan fingerprint density at radius 1 is 0.556 bits per heavy atom. The molecule has 0 aliphatic rings. The standard InChI is InChI=1S/C30H30N4O2/c1-20-16-18-23(19-17-20)28(26-21(2)31(4)33(29(26)35)24-12-8-6-9-13-24)27-22(3)32(5)34(30(27)36)25-14-10-7-11-15-25/h6-19,28H,1-5H3. The molecule has 2 heterocycles. The van der Waals surface area contributed by atoms with Gasteiger partial charge in [-0.2, -0.15) is 0 Å². The average Bonchev–Trinajstić information content (AvgIpc) is 3.24. The van der Waals surface area contributed by atoms with Crippen LogP contribution < -0.4 is 11.1 Å². The monoisotopic (exact) mass is 478 g/mol. The summed E-state index contributed by atoms with van der Waals surface area (Å²) >= 11 is 0. The molecule has 6 heteroatoms. The van der Waals surface area contributed by atoms with Gasteiger partial charge in [0.25, 0.3) is 11.1 Å². The Balaban J connectivity index is 1.84. The summed E-state index contributed by atoms with van der Waals surface area (Å²) in [7, 11) is 3.78. The lowest BCUT2D eigenvalue weighted by Gasteiger charge is -2.16. The van der Waals surface area contributed by atoms with Crippen LogP contribution in [0.25, 0.3) is 11.4 Å². The predicted molar refractivity (Wildman–Crippen MR) is 144 cm³/mol. The molecule has 0 amide bonds. The molecular formula is C30H30N4O2. The number of aromatic nitrogens is 4. The molecule has 0 bridgehead atoms. The molecule has 0 saturated heterocycles. The maximum atomic E-state index is 14.1. The molecule has 182 valence electrons. The number of hydrogen-bond acceptors (Lipinski definition) is 2. The molecule has 0 fully saturated rings. The van der Waals surface area contributed by atoms with Crippen molar-refractivity contribution >= 4 is 0 Å². The van der Waals surface area contributed by atoms with Gasteiger partial charge in [-0.15, -0.1) is 0 Å². The molecule has 0 atom stereocenters. The van der Waals surface area contributed by atoms with Crippen LogP contribution in [0.15, 0.2) is 94.5 Å². The van der Waals surface area contributed by atoms with Crippen LogP contribution in [0.1, 0.15) is 39.6 Å². The van der Waals surface area contributed by atoms with Crippen LogP contribution in [0.3, 0.4) is 0 Å². The van der Waals surface area contributed by atoms with E-state index in [4.69, 9.17) is 0 Å². The molecule has 2 aromatic heterocycles. The molecule has 5 aromatic rings. The Bertz CT molecular complexity index is 1550. The van der Waals surface area contributed by atoms with E-state index in [-0.39, 0.29) is 11.1 Å². The van der Waals surface area contributed by atoms with E-state index < -0.39 is 5.92 Å². The molecule has 0 aliphatic heterocycles. The molecule has 0 N–H and O–H groups in total. The van der Waals surface area contributed by atoms with Crippen LogP contribution >= 0.6 is 0 Å². The smallest absolute Gasteiger partial charge is 0.275 e. The van der Waals surface area contributed by atoms with Crippen LogP contribution in [0.4, 0.5) is 0 Å². The van der Waals surface area contributed by atoms with Gasteiger partial charge in [0.1, 0.15) is 0 Å². The number of hydrogen-bond donors (Lipinski definition) is 0. The fourth-order valence-electron chi connectivity index (χ4n) is 5.08. The second kappa shape index (κ2) is 9.04. The van der Waals surface area contributed by atoms with Crippen LogP contribution in [0.5, 0.6) is 0 Å². The zero-order valence-electron chi connectivity index (χ0n) is 21.3. The molecule has 0 saturated carbocycles. The van der Waals surface area contributed by atoms with E-state index in [1.807, 2.05) is 129 Å². The summed E-state index contributed by atoms with van der Waals surface area (Å²) in [6.45, 7) is 5.93. The van der Waals surface area contributed by atoms with Crippen molar-refractivity contribution in [2.24, 2.45) is 14.1 Å². The molecule has 36 heavy (non-hydrogen) atoms. The van der Waals surface area contributed by atoms with Gasteiger partial charge in [0.05, 0.1) is 22.5 Å². The summed E-state index contributed by atoms with van der Waals surface area (Å²) in [5, 5.41) is 0. The van der Waals surface area contributed by atoms with E-state index in [2.05, 4.69) is 0 Å². The van der Waals surface area contributed by atoms with Gasteiger partial charge in [-0.1, -0.05) is 66.2 Å². The summed E-state index contributed by atoms with van der Waals surface area (Å²) in [4.78, 5) is 28.2. The van der Waals surface area contributed by atoms with E-state index in [1.54, 1.807) is 9.36 Å². The fourth-order valence-corrected chi connectivity index (χ4v) is 5.08.